The van der Waals surface area contributed by atoms with Crippen LogP contribution in [-0.2, 0) is 14.4 Å². The highest BCUT2D eigenvalue weighted by molar-refractivity contribution is 5.85. The number of carbonyl (C=O) groups excluding carboxylic acids is 2. The third-order valence-electron chi connectivity index (χ3n) is 2.60. The van der Waals surface area contributed by atoms with E-state index in [9.17, 15) is 14.4 Å². The molecule has 7 nitrogen and oxygen atoms in total. The highest BCUT2D eigenvalue weighted by Crippen LogP contribution is 2.19. The van der Waals surface area contributed by atoms with Gasteiger partial charge in [0.05, 0.1) is 18.5 Å². The van der Waals surface area contributed by atoms with Gasteiger partial charge in [-0.2, -0.15) is 0 Å². The largest absolute Gasteiger partial charge is 0.481 e. The SMILES string of the molecule is CCC(C)(CNC(=O)CNC(=O)CN)C(=O)O. The molecule has 0 aliphatic heterocycles. The number of carboxylic acid groups (broad SMARTS) is 1. The second-order valence-electron chi connectivity index (χ2n) is 3.98. The molecule has 5 N–H and O–H groups in total. The number of carboxylic acids is 1. The molecule has 0 aliphatic carbocycles. The van der Waals surface area contributed by atoms with Crippen molar-refractivity contribution in [3.8, 4) is 0 Å². The summed E-state index contributed by atoms with van der Waals surface area (Å²) < 4.78 is 0. The van der Waals surface area contributed by atoms with E-state index in [1.807, 2.05) is 0 Å². The summed E-state index contributed by atoms with van der Waals surface area (Å²) in [6.07, 6.45) is 0.401. The van der Waals surface area contributed by atoms with Gasteiger partial charge in [-0.05, 0) is 13.3 Å². The summed E-state index contributed by atoms with van der Waals surface area (Å²) in [5.74, 6) is -1.84. The Morgan fingerprint density at radius 2 is 1.82 bits per heavy atom. The Kier molecular flexibility index (Phi) is 6.19. The molecular weight excluding hydrogens is 226 g/mol. The maximum atomic E-state index is 11.3. The number of hydrogen-bond donors (Lipinski definition) is 4. The van der Waals surface area contributed by atoms with Gasteiger partial charge < -0.3 is 21.5 Å². The first-order valence-corrected chi connectivity index (χ1v) is 5.32. The van der Waals surface area contributed by atoms with Gasteiger partial charge in [-0.15, -0.1) is 0 Å². The molecule has 0 radical (unpaired) electrons. The van der Waals surface area contributed by atoms with Crippen LogP contribution in [0.2, 0.25) is 0 Å². The average molecular weight is 245 g/mol. The van der Waals surface area contributed by atoms with Crippen molar-refractivity contribution < 1.29 is 19.5 Å². The zero-order chi connectivity index (χ0) is 13.5. The molecule has 17 heavy (non-hydrogen) atoms. The van der Waals surface area contributed by atoms with Crippen molar-refractivity contribution in [2.75, 3.05) is 19.6 Å². The lowest BCUT2D eigenvalue weighted by Gasteiger charge is -2.23. The fourth-order valence-electron chi connectivity index (χ4n) is 0.959. The molecule has 0 aromatic rings. The lowest BCUT2D eigenvalue weighted by atomic mass is 9.88. The van der Waals surface area contributed by atoms with Crippen LogP contribution in [0.3, 0.4) is 0 Å². The topological polar surface area (TPSA) is 122 Å². The van der Waals surface area contributed by atoms with Gasteiger partial charge in [-0.1, -0.05) is 6.92 Å². The van der Waals surface area contributed by atoms with Gasteiger partial charge in [0.15, 0.2) is 0 Å². The zero-order valence-electron chi connectivity index (χ0n) is 10.1. The van der Waals surface area contributed by atoms with Gasteiger partial charge in [-0.25, -0.2) is 0 Å². The summed E-state index contributed by atoms with van der Waals surface area (Å²) in [6.45, 7) is 2.92. The quantitative estimate of drug-likeness (QED) is 0.443. The lowest BCUT2D eigenvalue weighted by Crippen LogP contribution is -2.45. The Morgan fingerprint density at radius 1 is 1.24 bits per heavy atom. The summed E-state index contributed by atoms with van der Waals surface area (Å²) in [5, 5.41) is 13.7. The molecule has 0 aliphatic rings. The Hall–Kier alpha value is -1.63. The molecule has 7 heteroatoms. The standard InChI is InChI=1S/C10H19N3O4/c1-3-10(2,9(16)17)6-13-8(15)5-12-7(14)4-11/h3-6,11H2,1-2H3,(H,12,14)(H,13,15)(H,16,17). The van der Waals surface area contributed by atoms with Gasteiger partial charge in [-0.3, -0.25) is 14.4 Å². The molecule has 2 amide bonds. The predicted molar refractivity (Wildman–Crippen MR) is 61.1 cm³/mol. The van der Waals surface area contributed by atoms with Crippen LogP contribution in [0.1, 0.15) is 20.3 Å². The second-order valence-corrected chi connectivity index (χ2v) is 3.98. The maximum absolute atomic E-state index is 11.3. The van der Waals surface area contributed by atoms with E-state index in [2.05, 4.69) is 10.6 Å². The Bertz CT molecular complexity index is 306. The van der Waals surface area contributed by atoms with Crippen molar-refractivity contribution >= 4 is 17.8 Å². The smallest absolute Gasteiger partial charge is 0.311 e. The van der Waals surface area contributed by atoms with E-state index < -0.39 is 23.2 Å². The normalized spacial score (nSPS) is 13.6. The van der Waals surface area contributed by atoms with Crippen molar-refractivity contribution in [3.05, 3.63) is 0 Å². The number of amides is 2. The summed E-state index contributed by atoms with van der Waals surface area (Å²) >= 11 is 0. The number of rotatable bonds is 7. The molecular formula is C10H19N3O4. The van der Waals surface area contributed by atoms with E-state index in [0.717, 1.165) is 0 Å². The van der Waals surface area contributed by atoms with E-state index in [0.29, 0.717) is 6.42 Å². The number of aliphatic carboxylic acids is 1. The fourth-order valence-corrected chi connectivity index (χ4v) is 0.959. The average Bonchev–Trinajstić information content (AvgIpc) is 2.32. The van der Waals surface area contributed by atoms with Gasteiger partial charge in [0, 0.05) is 6.54 Å². The van der Waals surface area contributed by atoms with Crippen LogP contribution in [0.25, 0.3) is 0 Å². The van der Waals surface area contributed by atoms with Crippen LogP contribution in [0.4, 0.5) is 0 Å². The van der Waals surface area contributed by atoms with Crippen molar-refractivity contribution in [2.45, 2.75) is 20.3 Å². The summed E-state index contributed by atoms with van der Waals surface area (Å²) in [6, 6.07) is 0. The zero-order valence-corrected chi connectivity index (χ0v) is 10.1. The molecule has 0 heterocycles. The Labute approximate surface area is 99.7 Å². The van der Waals surface area contributed by atoms with Crippen LogP contribution < -0.4 is 16.4 Å². The highest BCUT2D eigenvalue weighted by atomic mass is 16.4. The van der Waals surface area contributed by atoms with E-state index in [1.54, 1.807) is 13.8 Å². The summed E-state index contributed by atoms with van der Waals surface area (Å²) in [5.41, 5.74) is 4.05. The van der Waals surface area contributed by atoms with E-state index in [1.165, 1.54) is 0 Å². The molecule has 0 aromatic heterocycles. The van der Waals surface area contributed by atoms with Crippen LogP contribution in [0, 0.1) is 5.41 Å². The van der Waals surface area contributed by atoms with Crippen molar-refractivity contribution in [2.24, 2.45) is 11.1 Å². The van der Waals surface area contributed by atoms with Gasteiger partial charge >= 0.3 is 5.97 Å². The molecule has 1 unspecified atom stereocenters. The number of hydrogen-bond acceptors (Lipinski definition) is 4. The van der Waals surface area contributed by atoms with Crippen LogP contribution >= 0.6 is 0 Å². The number of nitrogens with one attached hydrogen (secondary N) is 2. The molecule has 1 atom stereocenters. The lowest BCUT2D eigenvalue weighted by molar-refractivity contribution is -0.148. The third-order valence-corrected chi connectivity index (χ3v) is 2.60. The van der Waals surface area contributed by atoms with E-state index >= 15 is 0 Å². The fraction of sp³-hybridized carbons (Fsp3) is 0.700. The monoisotopic (exact) mass is 245 g/mol. The summed E-state index contributed by atoms with van der Waals surface area (Å²) in [7, 11) is 0. The molecule has 98 valence electrons. The molecule has 0 spiro atoms. The molecule has 0 saturated heterocycles. The van der Waals surface area contributed by atoms with Gasteiger partial charge in [0.1, 0.15) is 0 Å². The van der Waals surface area contributed by atoms with Crippen LogP contribution in [0.5, 0.6) is 0 Å². The van der Waals surface area contributed by atoms with Crippen molar-refractivity contribution in [1.29, 1.82) is 0 Å². The Morgan fingerprint density at radius 3 is 2.24 bits per heavy atom. The molecule has 0 fully saturated rings. The molecule has 0 aromatic carbocycles. The second kappa shape index (κ2) is 6.85. The highest BCUT2D eigenvalue weighted by Gasteiger charge is 2.31. The van der Waals surface area contributed by atoms with Crippen LogP contribution in [-0.4, -0.2) is 42.5 Å². The van der Waals surface area contributed by atoms with E-state index in [-0.39, 0.29) is 19.6 Å². The van der Waals surface area contributed by atoms with Gasteiger partial charge in [0.25, 0.3) is 0 Å². The van der Waals surface area contributed by atoms with E-state index in [4.69, 9.17) is 10.8 Å². The third kappa shape index (κ3) is 5.30. The van der Waals surface area contributed by atoms with Crippen LogP contribution in [0.15, 0.2) is 0 Å². The maximum Gasteiger partial charge on any atom is 0.311 e. The molecule has 0 rings (SSSR count). The first kappa shape index (κ1) is 15.4. The number of carbonyl (C=O) groups is 3. The summed E-state index contributed by atoms with van der Waals surface area (Å²) in [4.78, 5) is 33.0. The minimum atomic E-state index is -0.993. The number of nitrogens with two attached hydrogens (primary N) is 1. The van der Waals surface area contributed by atoms with Crippen molar-refractivity contribution in [1.82, 2.24) is 10.6 Å². The molecule has 0 bridgehead atoms. The Balaban J connectivity index is 4.06. The first-order chi connectivity index (χ1) is 7.85. The predicted octanol–water partition coefficient (Wildman–Crippen LogP) is -1.32. The minimum absolute atomic E-state index is 0.0240. The minimum Gasteiger partial charge on any atom is -0.481 e. The molecule has 0 saturated carbocycles. The van der Waals surface area contributed by atoms with Crippen molar-refractivity contribution in [3.63, 3.8) is 0 Å². The first-order valence-electron chi connectivity index (χ1n) is 5.32. The van der Waals surface area contributed by atoms with Gasteiger partial charge in [0.2, 0.25) is 11.8 Å².